The minimum Gasteiger partial charge on any atom is -0.463 e. The molecule has 1 rings (SSSR count). The number of hydrogen-bond donors (Lipinski definition) is 0. The van der Waals surface area contributed by atoms with Gasteiger partial charge in [-0.15, -0.1) is 0 Å². The molecule has 0 heterocycles. The molecule has 0 aromatic carbocycles. The van der Waals surface area contributed by atoms with Crippen LogP contribution in [0.15, 0.2) is 47.4 Å². The number of rotatable bonds is 3. The van der Waals surface area contributed by atoms with Crippen LogP contribution in [0.4, 0.5) is 0 Å². The van der Waals surface area contributed by atoms with Crippen LogP contribution in [0.25, 0.3) is 0 Å². The molecule has 0 fully saturated rings. The van der Waals surface area contributed by atoms with Gasteiger partial charge in [0, 0.05) is 6.08 Å². The lowest BCUT2D eigenvalue weighted by molar-refractivity contribution is -0.137. The Hall–Kier alpha value is -1.75. The van der Waals surface area contributed by atoms with Gasteiger partial charge < -0.3 is 4.74 Å². The quantitative estimate of drug-likeness (QED) is 0.371. The summed E-state index contributed by atoms with van der Waals surface area (Å²) in [5.41, 5.74) is 6.47. The van der Waals surface area contributed by atoms with E-state index in [1.807, 2.05) is 6.08 Å². The van der Waals surface area contributed by atoms with Crippen LogP contribution < -0.4 is 0 Å². The van der Waals surface area contributed by atoms with Crippen molar-refractivity contribution in [2.24, 2.45) is 0 Å². The molecule has 2 heteroatoms. The van der Waals surface area contributed by atoms with Crippen LogP contribution in [0.2, 0.25) is 0 Å². The summed E-state index contributed by atoms with van der Waals surface area (Å²) in [6.45, 7) is 2.18. The molecule has 66 valence electrons. The summed E-state index contributed by atoms with van der Waals surface area (Å²) in [5.74, 6) is -0.324. The largest absolute Gasteiger partial charge is 0.463 e. The van der Waals surface area contributed by atoms with E-state index in [1.165, 1.54) is 6.08 Å². The fourth-order valence-electron chi connectivity index (χ4n) is 0.817. The molecule has 2 nitrogen and oxygen atoms in total. The van der Waals surface area contributed by atoms with E-state index in [1.54, 1.807) is 25.2 Å². The third kappa shape index (κ3) is 3.44. The zero-order valence-corrected chi connectivity index (χ0v) is 7.41. The third-order valence-electron chi connectivity index (χ3n) is 1.38. The standard InChI is InChI=1S/C11H10O2/c1-2-13-11(12)9-8-10-6-4-3-5-7-10/h4,6-9H,2H2,1H3/b9-8+. The van der Waals surface area contributed by atoms with Gasteiger partial charge in [0.1, 0.15) is 0 Å². The summed E-state index contributed by atoms with van der Waals surface area (Å²) in [6.07, 6.45) is 8.40. The van der Waals surface area contributed by atoms with Gasteiger partial charge in [0.05, 0.1) is 6.61 Å². The van der Waals surface area contributed by atoms with Crippen molar-refractivity contribution in [1.29, 1.82) is 0 Å². The van der Waals surface area contributed by atoms with Crippen molar-refractivity contribution in [3.8, 4) is 0 Å². The van der Waals surface area contributed by atoms with E-state index in [-0.39, 0.29) is 5.97 Å². The van der Waals surface area contributed by atoms with Gasteiger partial charge in [-0.25, -0.2) is 4.79 Å². The summed E-state index contributed by atoms with van der Waals surface area (Å²) in [4.78, 5) is 10.9. The van der Waals surface area contributed by atoms with Crippen molar-refractivity contribution in [3.63, 3.8) is 0 Å². The zero-order valence-electron chi connectivity index (χ0n) is 7.41. The molecule has 0 saturated heterocycles. The van der Waals surface area contributed by atoms with E-state index in [9.17, 15) is 4.79 Å². The molecule has 0 aromatic heterocycles. The number of hydrogen-bond acceptors (Lipinski definition) is 2. The first-order valence-electron chi connectivity index (χ1n) is 4.05. The highest BCUT2D eigenvalue weighted by molar-refractivity contribution is 5.82. The zero-order chi connectivity index (χ0) is 9.52. The topological polar surface area (TPSA) is 26.3 Å². The Morgan fingerprint density at radius 2 is 2.46 bits per heavy atom. The summed E-state index contributed by atoms with van der Waals surface area (Å²) in [5, 5.41) is 0. The molecular formula is C11H10O2. The molecule has 0 radical (unpaired) electrons. The van der Waals surface area contributed by atoms with Gasteiger partial charge in [0.25, 0.3) is 0 Å². The molecule has 0 saturated carbocycles. The molecule has 0 bridgehead atoms. The molecule has 1 aliphatic carbocycles. The van der Waals surface area contributed by atoms with Crippen LogP contribution in [0, 0.1) is 0 Å². The van der Waals surface area contributed by atoms with Crippen LogP contribution in [-0.4, -0.2) is 12.6 Å². The Kier molecular flexibility index (Phi) is 3.59. The van der Waals surface area contributed by atoms with E-state index < -0.39 is 0 Å². The van der Waals surface area contributed by atoms with Crippen LogP contribution in [-0.2, 0) is 9.53 Å². The van der Waals surface area contributed by atoms with Crippen LogP contribution >= 0.6 is 0 Å². The van der Waals surface area contributed by atoms with Crippen molar-refractivity contribution < 1.29 is 9.53 Å². The van der Waals surface area contributed by atoms with Gasteiger partial charge in [-0.05, 0) is 36.8 Å². The van der Waals surface area contributed by atoms with E-state index in [2.05, 4.69) is 11.5 Å². The summed E-state index contributed by atoms with van der Waals surface area (Å²) in [6, 6.07) is 0. The minimum absolute atomic E-state index is 0.324. The lowest BCUT2D eigenvalue weighted by Gasteiger charge is -1.94. The smallest absolute Gasteiger partial charge is 0.330 e. The summed E-state index contributed by atoms with van der Waals surface area (Å²) in [7, 11) is 0. The number of ether oxygens (including phenoxy) is 1. The van der Waals surface area contributed by atoms with Gasteiger partial charge >= 0.3 is 5.97 Å². The van der Waals surface area contributed by atoms with Crippen molar-refractivity contribution in [2.45, 2.75) is 6.92 Å². The lowest BCUT2D eigenvalue weighted by Crippen LogP contribution is -1.98. The van der Waals surface area contributed by atoms with Crippen LogP contribution in [0.1, 0.15) is 6.92 Å². The molecule has 1 aliphatic rings. The summed E-state index contributed by atoms with van der Waals surface area (Å²) >= 11 is 0. The Balaban J connectivity index is 2.50. The Labute approximate surface area is 77.2 Å². The van der Waals surface area contributed by atoms with E-state index in [0.29, 0.717) is 6.61 Å². The highest BCUT2D eigenvalue weighted by atomic mass is 16.5. The molecule has 0 N–H and O–H groups in total. The lowest BCUT2D eigenvalue weighted by atomic mass is 10.2. The fourth-order valence-corrected chi connectivity index (χ4v) is 0.817. The fraction of sp³-hybridized carbons (Fsp3) is 0.182. The van der Waals surface area contributed by atoms with E-state index in [4.69, 9.17) is 4.74 Å². The second kappa shape index (κ2) is 5.00. The van der Waals surface area contributed by atoms with Crippen molar-refractivity contribution in [2.75, 3.05) is 6.61 Å². The highest BCUT2D eigenvalue weighted by Crippen LogP contribution is 2.01. The maximum atomic E-state index is 10.9. The molecule has 0 aliphatic heterocycles. The molecule has 0 unspecified atom stereocenters. The Bertz CT molecular complexity index is 346. The summed E-state index contributed by atoms with van der Waals surface area (Å²) < 4.78 is 4.72. The minimum atomic E-state index is -0.324. The maximum absolute atomic E-state index is 10.9. The molecule has 0 atom stereocenters. The van der Waals surface area contributed by atoms with Gasteiger partial charge in [0.2, 0.25) is 0 Å². The number of esters is 1. The molecule has 13 heavy (non-hydrogen) atoms. The predicted molar refractivity (Wildman–Crippen MR) is 50.0 cm³/mol. The first-order valence-corrected chi connectivity index (χ1v) is 4.05. The van der Waals surface area contributed by atoms with Gasteiger partial charge in [-0.1, -0.05) is 11.5 Å². The normalized spacial score (nSPS) is 13.5. The Morgan fingerprint density at radius 3 is 3.08 bits per heavy atom. The second-order valence-corrected chi connectivity index (χ2v) is 2.35. The predicted octanol–water partition coefficient (Wildman–Crippen LogP) is 1.91. The van der Waals surface area contributed by atoms with Gasteiger partial charge in [-0.2, -0.15) is 0 Å². The molecule has 0 amide bonds. The second-order valence-electron chi connectivity index (χ2n) is 2.35. The average Bonchev–Trinajstić information content (AvgIpc) is 2.17. The van der Waals surface area contributed by atoms with Crippen molar-refractivity contribution in [1.82, 2.24) is 0 Å². The van der Waals surface area contributed by atoms with E-state index in [0.717, 1.165) is 5.57 Å². The maximum Gasteiger partial charge on any atom is 0.330 e. The third-order valence-corrected chi connectivity index (χ3v) is 1.38. The van der Waals surface area contributed by atoms with Crippen LogP contribution in [0.5, 0.6) is 0 Å². The van der Waals surface area contributed by atoms with Gasteiger partial charge in [0.15, 0.2) is 0 Å². The number of allylic oxidation sites excluding steroid dienone is 5. The van der Waals surface area contributed by atoms with Crippen molar-refractivity contribution in [3.05, 3.63) is 47.4 Å². The average molecular weight is 174 g/mol. The van der Waals surface area contributed by atoms with Crippen molar-refractivity contribution >= 4 is 5.97 Å². The Morgan fingerprint density at radius 1 is 1.62 bits per heavy atom. The molecule has 0 spiro atoms. The van der Waals surface area contributed by atoms with Gasteiger partial charge in [-0.3, -0.25) is 0 Å². The van der Waals surface area contributed by atoms with E-state index >= 15 is 0 Å². The van der Waals surface area contributed by atoms with Crippen LogP contribution in [0.3, 0.4) is 0 Å². The highest BCUT2D eigenvalue weighted by Gasteiger charge is 1.93. The SMILES string of the molecule is CCOC(=O)/C=C/C1=CC=C=C=C1. The first kappa shape index (κ1) is 9.34. The number of carbonyl (C=O) groups excluding carboxylic acids is 1. The molecule has 0 aromatic rings. The monoisotopic (exact) mass is 174 g/mol. The first-order chi connectivity index (χ1) is 6.33. The number of carbonyl (C=O) groups is 1. The molecular weight excluding hydrogens is 164 g/mol.